The molecule has 0 saturated heterocycles. The molecule has 0 atom stereocenters. The van der Waals surface area contributed by atoms with Crippen LogP contribution in [0.25, 0.3) is 0 Å². The molecule has 15 heavy (non-hydrogen) atoms. The third-order valence-corrected chi connectivity index (χ3v) is 2.01. The molecule has 0 heterocycles. The molecule has 1 rings (SSSR count). The van der Waals surface area contributed by atoms with Crippen molar-refractivity contribution in [2.24, 2.45) is 16.5 Å². The summed E-state index contributed by atoms with van der Waals surface area (Å²) in [4.78, 5) is 3.93. The molecule has 0 radical (unpaired) electrons. The first-order valence-corrected chi connectivity index (χ1v) is 4.88. The Morgan fingerprint density at radius 2 is 1.73 bits per heavy atom. The van der Waals surface area contributed by atoms with Gasteiger partial charge in [0.1, 0.15) is 0 Å². The lowest BCUT2D eigenvalue weighted by Crippen LogP contribution is -2.22. The highest BCUT2D eigenvalue weighted by atomic mass is 35.5. The van der Waals surface area contributed by atoms with Gasteiger partial charge in [0, 0.05) is 6.54 Å². The summed E-state index contributed by atoms with van der Waals surface area (Å²) in [5, 5.41) is 0. The monoisotopic (exact) mass is 227 g/mol. The van der Waals surface area contributed by atoms with Gasteiger partial charge in [-0.3, -0.25) is 4.99 Å². The zero-order valence-electron chi connectivity index (χ0n) is 8.73. The summed E-state index contributed by atoms with van der Waals surface area (Å²) in [5.74, 6) is 0.185. The molecule has 0 amide bonds. The van der Waals surface area contributed by atoms with Gasteiger partial charge in [-0.1, -0.05) is 30.3 Å². The molecule has 0 aromatic heterocycles. The Labute approximate surface area is 97.0 Å². The number of aliphatic imine (C=N–C) groups is 1. The SMILES string of the molecule is Cl.NC(N)=NCCCCc1ccccc1. The minimum absolute atomic E-state index is 0. The molecule has 0 saturated carbocycles. The van der Waals surface area contributed by atoms with Crippen LogP contribution in [0.3, 0.4) is 0 Å². The Morgan fingerprint density at radius 1 is 1.07 bits per heavy atom. The summed E-state index contributed by atoms with van der Waals surface area (Å²) in [6.07, 6.45) is 3.26. The maximum absolute atomic E-state index is 5.21. The van der Waals surface area contributed by atoms with E-state index in [9.17, 15) is 0 Å². The molecule has 1 aromatic rings. The Morgan fingerprint density at radius 3 is 2.33 bits per heavy atom. The van der Waals surface area contributed by atoms with Gasteiger partial charge in [0.2, 0.25) is 0 Å². The number of hydrogen-bond acceptors (Lipinski definition) is 1. The topological polar surface area (TPSA) is 64.4 Å². The minimum Gasteiger partial charge on any atom is -0.370 e. The number of guanidine groups is 1. The normalized spacial score (nSPS) is 9.07. The number of hydrogen-bond donors (Lipinski definition) is 2. The van der Waals surface area contributed by atoms with Crippen LogP contribution in [0.15, 0.2) is 35.3 Å². The van der Waals surface area contributed by atoms with Gasteiger partial charge in [0.15, 0.2) is 5.96 Å². The number of nitrogens with zero attached hydrogens (tertiary/aromatic N) is 1. The average Bonchev–Trinajstić information content (AvgIpc) is 2.18. The summed E-state index contributed by atoms with van der Waals surface area (Å²) < 4.78 is 0. The predicted octanol–water partition coefficient (Wildman–Crippen LogP) is 1.70. The van der Waals surface area contributed by atoms with E-state index in [-0.39, 0.29) is 18.4 Å². The predicted molar refractivity (Wildman–Crippen MR) is 67.3 cm³/mol. The lowest BCUT2D eigenvalue weighted by molar-refractivity contribution is 0.744. The summed E-state index contributed by atoms with van der Waals surface area (Å²) >= 11 is 0. The van der Waals surface area contributed by atoms with Gasteiger partial charge in [-0.15, -0.1) is 12.4 Å². The highest BCUT2D eigenvalue weighted by molar-refractivity contribution is 5.85. The molecule has 0 aliphatic carbocycles. The first-order valence-electron chi connectivity index (χ1n) is 4.88. The average molecular weight is 228 g/mol. The van der Waals surface area contributed by atoms with Crippen LogP contribution in [0.4, 0.5) is 0 Å². The maximum atomic E-state index is 5.21. The summed E-state index contributed by atoms with van der Waals surface area (Å²) in [7, 11) is 0. The van der Waals surface area contributed by atoms with Gasteiger partial charge in [-0.25, -0.2) is 0 Å². The molecular weight excluding hydrogens is 210 g/mol. The van der Waals surface area contributed by atoms with Crippen molar-refractivity contribution in [1.29, 1.82) is 0 Å². The van der Waals surface area contributed by atoms with Crippen LogP contribution in [0, 0.1) is 0 Å². The maximum Gasteiger partial charge on any atom is 0.185 e. The van der Waals surface area contributed by atoms with Gasteiger partial charge >= 0.3 is 0 Å². The van der Waals surface area contributed by atoms with Crippen molar-refractivity contribution in [3.8, 4) is 0 Å². The quantitative estimate of drug-likeness (QED) is 0.457. The van der Waals surface area contributed by atoms with Crippen LogP contribution >= 0.6 is 12.4 Å². The van der Waals surface area contributed by atoms with E-state index in [1.807, 2.05) is 6.07 Å². The fourth-order valence-electron chi connectivity index (χ4n) is 1.29. The molecule has 0 bridgehead atoms. The van der Waals surface area contributed by atoms with E-state index >= 15 is 0 Å². The van der Waals surface area contributed by atoms with E-state index < -0.39 is 0 Å². The van der Waals surface area contributed by atoms with E-state index in [4.69, 9.17) is 11.5 Å². The van der Waals surface area contributed by atoms with Crippen molar-refractivity contribution in [2.45, 2.75) is 19.3 Å². The largest absolute Gasteiger partial charge is 0.370 e. The number of benzene rings is 1. The summed E-state index contributed by atoms with van der Waals surface area (Å²) in [6.45, 7) is 0.731. The van der Waals surface area contributed by atoms with E-state index in [0.717, 1.165) is 25.8 Å². The van der Waals surface area contributed by atoms with Crippen molar-refractivity contribution in [1.82, 2.24) is 0 Å². The Kier molecular flexibility index (Phi) is 7.46. The van der Waals surface area contributed by atoms with E-state index in [0.29, 0.717) is 0 Å². The molecule has 0 aliphatic heterocycles. The molecule has 0 aliphatic rings. The minimum atomic E-state index is 0. The molecule has 4 N–H and O–H groups in total. The third kappa shape index (κ3) is 6.80. The zero-order valence-corrected chi connectivity index (χ0v) is 9.54. The van der Waals surface area contributed by atoms with Gasteiger partial charge in [-0.2, -0.15) is 0 Å². The highest BCUT2D eigenvalue weighted by Crippen LogP contribution is 2.04. The molecule has 0 unspecified atom stereocenters. The van der Waals surface area contributed by atoms with Crippen molar-refractivity contribution >= 4 is 18.4 Å². The third-order valence-electron chi connectivity index (χ3n) is 2.01. The number of aryl methyl sites for hydroxylation is 1. The molecule has 0 spiro atoms. The second-order valence-electron chi connectivity index (χ2n) is 3.25. The van der Waals surface area contributed by atoms with Crippen LogP contribution in [0.2, 0.25) is 0 Å². The van der Waals surface area contributed by atoms with Gasteiger partial charge < -0.3 is 11.5 Å². The van der Waals surface area contributed by atoms with Crippen LogP contribution in [-0.2, 0) is 6.42 Å². The number of nitrogens with two attached hydrogens (primary N) is 2. The standard InChI is InChI=1S/C11H17N3.ClH/c12-11(13)14-9-5-4-8-10-6-2-1-3-7-10;/h1-3,6-7H,4-5,8-9H2,(H4,12,13,14);1H. The molecule has 4 heteroatoms. The van der Waals surface area contributed by atoms with E-state index in [2.05, 4.69) is 29.3 Å². The Bertz CT molecular complexity index is 281. The van der Waals surface area contributed by atoms with Crippen molar-refractivity contribution in [3.05, 3.63) is 35.9 Å². The van der Waals surface area contributed by atoms with Gasteiger partial charge in [0.05, 0.1) is 0 Å². The number of rotatable bonds is 5. The van der Waals surface area contributed by atoms with Gasteiger partial charge in [-0.05, 0) is 24.8 Å². The van der Waals surface area contributed by atoms with Crippen molar-refractivity contribution < 1.29 is 0 Å². The van der Waals surface area contributed by atoms with Crippen LogP contribution in [-0.4, -0.2) is 12.5 Å². The van der Waals surface area contributed by atoms with Crippen molar-refractivity contribution in [2.75, 3.05) is 6.54 Å². The van der Waals surface area contributed by atoms with Crippen LogP contribution < -0.4 is 11.5 Å². The summed E-state index contributed by atoms with van der Waals surface area (Å²) in [6, 6.07) is 10.4. The molecular formula is C11H18ClN3. The fraction of sp³-hybridized carbons (Fsp3) is 0.364. The number of unbranched alkanes of at least 4 members (excludes halogenated alkanes) is 1. The van der Waals surface area contributed by atoms with E-state index in [1.54, 1.807) is 0 Å². The molecule has 84 valence electrons. The highest BCUT2D eigenvalue weighted by Gasteiger charge is 1.91. The number of halogens is 1. The van der Waals surface area contributed by atoms with Gasteiger partial charge in [0.25, 0.3) is 0 Å². The Balaban J connectivity index is 0.00000196. The first-order chi connectivity index (χ1) is 6.79. The fourth-order valence-corrected chi connectivity index (χ4v) is 1.29. The lowest BCUT2D eigenvalue weighted by atomic mass is 10.1. The van der Waals surface area contributed by atoms with E-state index in [1.165, 1.54) is 5.56 Å². The van der Waals surface area contributed by atoms with Crippen LogP contribution in [0.5, 0.6) is 0 Å². The zero-order chi connectivity index (χ0) is 10.2. The molecule has 1 aromatic carbocycles. The lowest BCUT2D eigenvalue weighted by Gasteiger charge is -1.99. The second-order valence-corrected chi connectivity index (χ2v) is 3.25. The van der Waals surface area contributed by atoms with Crippen LogP contribution in [0.1, 0.15) is 18.4 Å². The Hall–Kier alpha value is -1.22. The van der Waals surface area contributed by atoms with Crippen molar-refractivity contribution in [3.63, 3.8) is 0 Å². The second kappa shape index (κ2) is 8.12. The summed E-state index contributed by atoms with van der Waals surface area (Å²) in [5.41, 5.74) is 11.8. The molecule has 0 fully saturated rings. The smallest absolute Gasteiger partial charge is 0.185 e. The molecule has 3 nitrogen and oxygen atoms in total. The first kappa shape index (κ1) is 13.8.